The van der Waals surface area contributed by atoms with Crippen molar-refractivity contribution in [3.63, 3.8) is 0 Å². The molecular formula is C24H25FN2O2. The Hall–Kier alpha value is -3.05. The quantitative estimate of drug-likeness (QED) is 0.382. The number of fused-ring (bicyclic) bond motifs is 1. The van der Waals surface area contributed by atoms with E-state index in [4.69, 9.17) is 4.74 Å². The highest BCUT2D eigenvalue weighted by molar-refractivity contribution is 5.84. The van der Waals surface area contributed by atoms with Gasteiger partial charge in [-0.2, -0.15) is 4.98 Å². The van der Waals surface area contributed by atoms with E-state index in [1.807, 2.05) is 36.4 Å². The molecule has 4 nitrogen and oxygen atoms in total. The van der Waals surface area contributed by atoms with Gasteiger partial charge in [0.05, 0.1) is 11.6 Å². The number of nitrogens with zero attached hydrogens (tertiary/aromatic N) is 2. The van der Waals surface area contributed by atoms with E-state index >= 15 is 0 Å². The predicted octanol–water partition coefficient (Wildman–Crippen LogP) is 5.57. The van der Waals surface area contributed by atoms with Crippen molar-refractivity contribution in [3.05, 3.63) is 72.7 Å². The number of halogens is 1. The molecule has 5 heteroatoms. The van der Waals surface area contributed by atoms with Crippen molar-refractivity contribution in [2.45, 2.75) is 32.3 Å². The van der Waals surface area contributed by atoms with Gasteiger partial charge >= 0.3 is 6.01 Å². The fourth-order valence-corrected chi connectivity index (χ4v) is 3.01. The van der Waals surface area contributed by atoms with E-state index in [0.717, 1.165) is 41.3 Å². The smallest absolute Gasteiger partial charge is 0.317 e. The van der Waals surface area contributed by atoms with E-state index in [9.17, 15) is 9.50 Å². The highest BCUT2D eigenvalue weighted by atomic mass is 19.1. The zero-order valence-corrected chi connectivity index (χ0v) is 16.5. The van der Waals surface area contributed by atoms with Gasteiger partial charge in [-0.3, -0.25) is 0 Å². The van der Waals surface area contributed by atoms with Gasteiger partial charge in [0, 0.05) is 17.1 Å². The van der Waals surface area contributed by atoms with E-state index < -0.39 is 0 Å². The van der Waals surface area contributed by atoms with Crippen LogP contribution >= 0.6 is 0 Å². The van der Waals surface area contributed by atoms with Gasteiger partial charge in [0.1, 0.15) is 12.4 Å². The normalized spacial score (nSPS) is 12.4. The fourth-order valence-electron chi connectivity index (χ4n) is 3.01. The largest absolute Gasteiger partial charge is 0.459 e. The van der Waals surface area contributed by atoms with Crippen LogP contribution in [0.1, 0.15) is 31.7 Å². The first-order chi connectivity index (χ1) is 14.1. The molecule has 1 heterocycles. The topological polar surface area (TPSA) is 55.2 Å². The first-order valence-corrected chi connectivity index (χ1v) is 9.72. The zero-order chi connectivity index (χ0) is 20.6. The van der Waals surface area contributed by atoms with E-state index in [1.54, 1.807) is 25.3 Å². The first-order valence-electron chi connectivity index (χ1n) is 9.72. The molecule has 1 aromatic heterocycles. The minimum absolute atomic E-state index is 0.276. The standard InChI is InChI=1S/C24H25FN2O2/c1-3-13-29-24-26-16-20-15-19(10-12-23(20)27-24)21-11-9-18(14-22(21)25)8-6-4-5-7-17(2)28/h3,6,8-12,14-17,28H,1,4-5,7,13H2,2H3. The summed E-state index contributed by atoms with van der Waals surface area (Å²) in [5.41, 5.74) is 2.85. The molecular weight excluding hydrogens is 367 g/mol. The van der Waals surface area contributed by atoms with Gasteiger partial charge in [-0.15, -0.1) is 0 Å². The summed E-state index contributed by atoms with van der Waals surface area (Å²) in [7, 11) is 0. The van der Waals surface area contributed by atoms with Gasteiger partial charge in [0.2, 0.25) is 0 Å². The second-order valence-electron chi connectivity index (χ2n) is 6.95. The molecule has 29 heavy (non-hydrogen) atoms. The van der Waals surface area contributed by atoms with Crippen LogP contribution in [-0.4, -0.2) is 27.8 Å². The highest BCUT2D eigenvalue weighted by Gasteiger charge is 2.08. The Balaban J connectivity index is 1.75. The molecule has 2 aromatic carbocycles. The molecule has 1 atom stereocenters. The van der Waals surface area contributed by atoms with E-state index in [-0.39, 0.29) is 11.9 Å². The Labute approximate surface area is 170 Å². The summed E-state index contributed by atoms with van der Waals surface area (Å²) < 4.78 is 20.0. The molecule has 0 spiro atoms. The third-order valence-electron chi connectivity index (χ3n) is 4.50. The van der Waals surface area contributed by atoms with E-state index in [2.05, 4.69) is 16.5 Å². The van der Waals surface area contributed by atoms with Crippen LogP contribution in [0.2, 0.25) is 0 Å². The lowest BCUT2D eigenvalue weighted by Crippen LogP contribution is -1.98. The van der Waals surface area contributed by atoms with Crippen LogP contribution in [-0.2, 0) is 0 Å². The van der Waals surface area contributed by atoms with Gasteiger partial charge in [0.15, 0.2) is 0 Å². The number of allylic oxidation sites excluding steroid dienone is 1. The number of hydrogen-bond acceptors (Lipinski definition) is 4. The molecule has 3 rings (SSSR count). The average molecular weight is 392 g/mol. The van der Waals surface area contributed by atoms with Gasteiger partial charge in [0.25, 0.3) is 0 Å². The number of unbranched alkanes of at least 4 members (excludes halogenated alkanes) is 1. The Bertz CT molecular complexity index is 1010. The third kappa shape index (κ3) is 5.72. The number of benzene rings is 2. The first kappa shape index (κ1) is 20.7. The number of aliphatic hydroxyl groups is 1. The molecule has 1 N–H and O–H groups in total. The van der Waals surface area contributed by atoms with Crippen LogP contribution in [0, 0.1) is 5.82 Å². The molecule has 0 saturated carbocycles. The number of aromatic nitrogens is 2. The summed E-state index contributed by atoms with van der Waals surface area (Å²) in [5.74, 6) is -0.276. The molecule has 0 radical (unpaired) electrons. The summed E-state index contributed by atoms with van der Waals surface area (Å²) in [5, 5.41) is 10.1. The lowest BCUT2D eigenvalue weighted by Gasteiger charge is -2.07. The molecule has 0 fully saturated rings. The van der Waals surface area contributed by atoms with Gasteiger partial charge in [-0.1, -0.05) is 43.0 Å². The zero-order valence-electron chi connectivity index (χ0n) is 16.5. The van der Waals surface area contributed by atoms with Crippen molar-refractivity contribution in [2.24, 2.45) is 0 Å². The lowest BCUT2D eigenvalue weighted by atomic mass is 10.0. The van der Waals surface area contributed by atoms with Gasteiger partial charge < -0.3 is 9.84 Å². The summed E-state index contributed by atoms with van der Waals surface area (Å²) in [4.78, 5) is 8.52. The number of ether oxygens (including phenoxy) is 1. The van der Waals surface area contributed by atoms with Crippen molar-refractivity contribution in [2.75, 3.05) is 6.61 Å². The summed E-state index contributed by atoms with van der Waals surface area (Å²) in [6.45, 7) is 5.73. The molecule has 0 amide bonds. The Morgan fingerprint density at radius 2 is 2.10 bits per heavy atom. The number of aliphatic hydroxyl groups excluding tert-OH is 1. The second-order valence-corrected chi connectivity index (χ2v) is 6.95. The predicted molar refractivity (Wildman–Crippen MR) is 115 cm³/mol. The maximum atomic E-state index is 14.7. The molecule has 150 valence electrons. The Morgan fingerprint density at radius 1 is 1.24 bits per heavy atom. The van der Waals surface area contributed by atoms with Crippen LogP contribution in [0.3, 0.4) is 0 Å². The molecule has 0 bridgehead atoms. The molecule has 0 saturated heterocycles. The van der Waals surface area contributed by atoms with E-state index in [1.165, 1.54) is 6.07 Å². The minimum atomic E-state index is -0.279. The van der Waals surface area contributed by atoms with Gasteiger partial charge in [-0.05, 0) is 55.5 Å². The third-order valence-corrected chi connectivity index (χ3v) is 4.50. The van der Waals surface area contributed by atoms with Crippen molar-refractivity contribution in [1.82, 2.24) is 9.97 Å². The van der Waals surface area contributed by atoms with E-state index in [0.29, 0.717) is 18.2 Å². The van der Waals surface area contributed by atoms with Crippen molar-refractivity contribution in [3.8, 4) is 17.1 Å². The highest BCUT2D eigenvalue weighted by Crippen LogP contribution is 2.27. The Kier molecular flexibility index (Phi) is 7.09. The Morgan fingerprint density at radius 3 is 2.86 bits per heavy atom. The van der Waals surface area contributed by atoms with Crippen LogP contribution in [0.15, 0.2) is 61.3 Å². The SMILES string of the molecule is C=CCOc1ncc2cc(-c3ccc(C=CCCCC(C)O)cc3F)ccc2n1. The minimum Gasteiger partial charge on any atom is -0.459 e. The van der Waals surface area contributed by atoms with Gasteiger partial charge in [-0.25, -0.2) is 9.37 Å². The van der Waals surface area contributed by atoms with Crippen molar-refractivity contribution < 1.29 is 14.2 Å². The summed E-state index contributed by atoms with van der Waals surface area (Å²) in [6.07, 6.45) is 9.49. The van der Waals surface area contributed by atoms with Crippen LogP contribution in [0.25, 0.3) is 28.1 Å². The average Bonchev–Trinajstić information content (AvgIpc) is 2.71. The molecule has 0 aliphatic heterocycles. The summed E-state index contributed by atoms with van der Waals surface area (Å²) in [6, 6.07) is 11.1. The van der Waals surface area contributed by atoms with Crippen LogP contribution < -0.4 is 4.74 Å². The van der Waals surface area contributed by atoms with Crippen LogP contribution in [0.4, 0.5) is 4.39 Å². The monoisotopic (exact) mass is 392 g/mol. The molecule has 3 aromatic rings. The van der Waals surface area contributed by atoms with Crippen LogP contribution in [0.5, 0.6) is 6.01 Å². The fraction of sp³-hybridized carbons (Fsp3) is 0.250. The molecule has 0 aliphatic rings. The maximum Gasteiger partial charge on any atom is 0.317 e. The molecule has 1 unspecified atom stereocenters. The number of hydrogen-bond donors (Lipinski definition) is 1. The lowest BCUT2D eigenvalue weighted by molar-refractivity contribution is 0.182. The maximum absolute atomic E-state index is 14.7. The second kappa shape index (κ2) is 9.94. The summed E-state index contributed by atoms with van der Waals surface area (Å²) >= 11 is 0. The molecule has 0 aliphatic carbocycles. The van der Waals surface area contributed by atoms with Crippen molar-refractivity contribution >= 4 is 17.0 Å². The van der Waals surface area contributed by atoms with Crippen molar-refractivity contribution in [1.29, 1.82) is 0 Å². The number of rotatable bonds is 9.